The first kappa shape index (κ1) is 18.0. The van der Waals surface area contributed by atoms with E-state index in [9.17, 15) is 4.79 Å². The zero-order chi connectivity index (χ0) is 16.6. The van der Waals surface area contributed by atoms with Gasteiger partial charge in [-0.05, 0) is 50.3 Å². The van der Waals surface area contributed by atoms with Crippen molar-refractivity contribution >= 4 is 18.3 Å². The van der Waals surface area contributed by atoms with Gasteiger partial charge >= 0.3 is 0 Å². The van der Waals surface area contributed by atoms with Gasteiger partial charge in [0.25, 0.3) is 5.91 Å². The van der Waals surface area contributed by atoms with Gasteiger partial charge in [-0.2, -0.15) is 5.10 Å². The van der Waals surface area contributed by atoms with Crippen LogP contribution >= 0.6 is 12.4 Å². The number of aryl methyl sites for hydroxylation is 1. The number of nitrogens with zero attached hydrogens (tertiary/aromatic N) is 3. The second kappa shape index (κ2) is 7.18. The number of aromatic nitrogens is 2. The number of carbonyl (C=O) groups excluding carboxylic acids is 1. The Morgan fingerprint density at radius 3 is 2.52 bits per heavy atom. The Morgan fingerprint density at radius 2 is 1.88 bits per heavy atom. The monoisotopic (exact) mass is 360 g/mol. The Labute approximate surface area is 154 Å². The zero-order valence-corrected chi connectivity index (χ0v) is 15.4. The van der Waals surface area contributed by atoms with E-state index in [1.165, 1.54) is 6.42 Å². The third kappa shape index (κ3) is 3.44. The van der Waals surface area contributed by atoms with E-state index in [0.29, 0.717) is 5.41 Å². The standard InChI is InChI=1S/C19H24N4O.ClH/c1-15-17(13-23(21-15)16-5-3-2-4-6-16)18(24)22-11-8-19(9-12-22)7-10-20-14-19;/h2-6,13,20H,7-12,14H2,1H3;1H. The summed E-state index contributed by atoms with van der Waals surface area (Å²) in [5.41, 5.74) is 2.93. The third-order valence-electron chi connectivity index (χ3n) is 5.59. The number of hydrogen-bond acceptors (Lipinski definition) is 3. The number of benzene rings is 1. The van der Waals surface area contributed by atoms with E-state index in [2.05, 4.69) is 10.4 Å². The van der Waals surface area contributed by atoms with Crippen molar-refractivity contribution in [2.24, 2.45) is 5.41 Å². The molecule has 2 fully saturated rings. The van der Waals surface area contributed by atoms with Crippen LogP contribution in [0.25, 0.3) is 5.69 Å². The quantitative estimate of drug-likeness (QED) is 0.896. The van der Waals surface area contributed by atoms with E-state index < -0.39 is 0 Å². The lowest BCUT2D eigenvalue weighted by Crippen LogP contribution is -2.44. The summed E-state index contributed by atoms with van der Waals surface area (Å²) < 4.78 is 1.80. The number of para-hydroxylation sites is 1. The Balaban J connectivity index is 0.00000182. The van der Waals surface area contributed by atoms with Crippen molar-refractivity contribution in [1.82, 2.24) is 20.0 Å². The highest BCUT2D eigenvalue weighted by Crippen LogP contribution is 2.37. The minimum absolute atomic E-state index is 0. The molecule has 0 unspecified atom stereocenters. The molecule has 1 N–H and O–H groups in total. The van der Waals surface area contributed by atoms with Crippen molar-refractivity contribution in [2.75, 3.05) is 26.2 Å². The van der Waals surface area contributed by atoms with E-state index in [0.717, 1.165) is 56.0 Å². The largest absolute Gasteiger partial charge is 0.338 e. The van der Waals surface area contributed by atoms with Crippen molar-refractivity contribution in [2.45, 2.75) is 26.2 Å². The number of halogens is 1. The number of rotatable bonds is 2. The van der Waals surface area contributed by atoms with Crippen molar-refractivity contribution in [1.29, 1.82) is 0 Å². The van der Waals surface area contributed by atoms with Crippen LogP contribution in [0.2, 0.25) is 0 Å². The fourth-order valence-corrected chi connectivity index (χ4v) is 3.96. The molecule has 2 aromatic rings. The predicted molar refractivity (Wildman–Crippen MR) is 101 cm³/mol. The minimum Gasteiger partial charge on any atom is -0.338 e. The maximum Gasteiger partial charge on any atom is 0.257 e. The van der Waals surface area contributed by atoms with Gasteiger partial charge in [0.2, 0.25) is 0 Å². The van der Waals surface area contributed by atoms with E-state index in [1.54, 1.807) is 4.68 Å². The minimum atomic E-state index is 0. The molecule has 6 heteroatoms. The smallest absolute Gasteiger partial charge is 0.257 e. The van der Waals surface area contributed by atoms with E-state index in [4.69, 9.17) is 0 Å². The molecule has 4 rings (SSSR count). The average Bonchev–Trinajstić information content (AvgIpc) is 3.23. The number of amides is 1. The molecule has 1 aromatic heterocycles. The highest BCUT2D eigenvalue weighted by atomic mass is 35.5. The van der Waals surface area contributed by atoms with Crippen LogP contribution in [0.15, 0.2) is 36.5 Å². The summed E-state index contributed by atoms with van der Waals surface area (Å²) >= 11 is 0. The summed E-state index contributed by atoms with van der Waals surface area (Å²) in [4.78, 5) is 14.9. The Hall–Kier alpha value is -1.85. The first-order chi connectivity index (χ1) is 11.7. The molecule has 25 heavy (non-hydrogen) atoms. The number of hydrogen-bond donors (Lipinski definition) is 1. The zero-order valence-electron chi connectivity index (χ0n) is 14.6. The second-order valence-electron chi connectivity index (χ2n) is 7.13. The molecular weight excluding hydrogens is 336 g/mol. The molecule has 134 valence electrons. The molecule has 0 bridgehead atoms. The average molecular weight is 361 g/mol. The van der Waals surface area contributed by atoms with E-state index in [-0.39, 0.29) is 18.3 Å². The van der Waals surface area contributed by atoms with Crippen molar-refractivity contribution in [3.8, 4) is 5.69 Å². The summed E-state index contributed by atoms with van der Waals surface area (Å²) in [6.07, 6.45) is 5.34. The fourth-order valence-electron chi connectivity index (χ4n) is 3.96. The van der Waals surface area contributed by atoms with Crippen LogP contribution in [0.1, 0.15) is 35.3 Å². The van der Waals surface area contributed by atoms with Gasteiger partial charge in [0, 0.05) is 25.8 Å². The lowest BCUT2D eigenvalue weighted by atomic mass is 9.78. The lowest BCUT2D eigenvalue weighted by Gasteiger charge is -2.38. The van der Waals surface area contributed by atoms with E-state index in [1.807, 2.05) is 48.4 Å². The molecular formula is C19H25ClN4O. The molecule has 0 saturated carbocycles. The normalized spacial score (nSPS) is 19.0. The van der Waals surface area contributed by atoms with Crippen LogP contribution in [0.3, 0.4) is 0 Å². The molecule has 0 aliphatic carbocycles. The molecule has 0 atom stereocenters. The summed E-state index contributed by atoms with van der Waals surface area (Å²) in [5, 5.41) is 8.00. The van der Waals surface area contributed by atoms with Gasteiger partial charge < -0.3 is 10.2 Å². The van der Waals surface area contributed by atoms with Gasteiger partial charge in [0.05, 0.1) is 16.9 Å². The Bertz CT molecular complexity index is 727. The summed E-state index contributed by atoms with van der Waals surface area (Å²) in [6, 6.07) is 9.94. The second-order valence-corrected chi connectivity index (χ2v) is 7.13. The predicted octanol–water partition coefficient (Wildman–Crippen LogP) is 2.82. The topological polar surface area (TPSA) is 50.2 Å². The number of piperidine rings is 1. The number of nitrogens with one attached hydrogen (secondary N) is 1. The van der Waals surface area contributed by atoms with Gasteiger partial charge in [0.1, 0.15) is 0 Å². The third-order valence-corrected chi connectivity index (χ3v) is 5.59. The number of carbonyl (C=O) groups is 1. The maximum absolute atomic E-state index is 12.9. The molecule has 1 spiro atoms. The molecule has 0 radical (unpaired) electrons. The summed E-state index contributed by atoms with van der Waals surface area (Å²) in [7, 11) is 0. The highest BCUT2D eigenvalue weighted by Gasteiger charge is 2.38. The van der Waals surface area contributed by atoms with Crippen LogP contribution in [-0.2, 0) is 0 Å². The maximum atomic E-state index is 12.9. The van der Waals surface area contributed by atoms with Crippen LogP contribution in [0, 0.1) is 12.3 Å². The van der Waals surface area contributed by atoms with Gasteiger partial charge in [-0.15, -0.1) is 12.4 Å². The fraction of sp³-hybridized carbons (Fsp3) is 0.474. The highest BCUT2D eigenvalue weighted by molar-refractivity contribution is 5.95. The van der Waals surface area contributed by atoms with E-state index >= 15 is 0 Å². The van der Waals surface area contributed by atoms with Crippen LogP contribution in [-0.4, -0.2) is 46.8 Å². The van der Waals surface area contributed by atoms with Crippen LogP contribution < -0.4 is 5.32 Å². The van der Waals surface area contributed by atoms with Gasteiger partial charge in [-0.25, -0.2) is 4.68 Å². The molecule has 1 amide bonds. The van der Waals surface area contributed by atoms with Gasteiger partial charge in [0.15, 0.2) is 0 Å². The molecule has 2 saturated heterocycles. The van der Waals surface area contributed by atoms with Crippen molar-refractivity contribution in [3.63, 3.8) is 0 Å². The lowest BCUT2D eigenvalue weighted by molar-refractivity contribution is 0.0607. The number of likely N-dealkylation sites (tertiary alicyclic amines) is 1. The Morgan fingerprint density at radius 1 is 1.16 bits per heavy atom. The molecule has 5 nitrogen and oxygen atoms in total. The molecule has 1 aromatic carbocycles. The molecule has 2 aliphatic heterocycles. The molecule has 2 aliphatic rings. The van der Waals surface area contributed by atoms with Gasteiger partial charge in [-0.3, -0.25) is 4.79 Å². The van der Waals surface area contributed by atoms with Crippen molar-refractivity contribution < 1.29 is 4.79 Å². The summed E-state index contributed by atoms with van der Waals surface area (Å²) in [6.45, 7) is 5.86. The van der Waals surface area contributed by atoms with Crippen LogP contribution in [0.5, 0.6) is 0 Å². The van der Waals surface area contributed by atoms with Crippen molar-refractivity contribution in [3.05, 3.63) is 47.8 Å². The van der Waals surface area contributed by atoms with Crippen LogP contribution in [0.4, 0.5) is 0 Å². The summed E-state index contributed by atoms with van der Waals surface area (Å²) in [5.74, 6) is 0.121. The SMILES string of the molecule is Cc1nn(-c2ccccc2)cc1C(=O)N1CCC2(CCNC2)CC1.Cl. The Kier molecular flexibility index (Phi) is 5.16. The molecule has 3 heterocycles. The van der Waals surface area contributed by atoms with Gasteiger partial charge in [-0.1, -0.05) is 18.2 Å². The first-order valence-corrected chi connectivity index (χ1v) is 8.79. The first-order valence-electron chi connectivity index (χ1n) is 8.79.